The number of fused-ring (bicyclic) bond motifs is 1. The second-order valence-electron chi connectivity index (χ2n) is 7.33. The van der Waals surface area contributed by atoms with Gasteiger partial charge in [0, 0.05) is 13.1 Å². The molecule has 4 rings (SSSR count). The van der Waals surface area contributed by atoms with Crippen LogP contribution in [0.3, 0.4) is 0 Å². The number of anilines is 1. The molecule has 0 spiro atoms. The highest BCUT2D eigenvalue weighted by Gasteiger charge is 2.22. The Morgan fingerprint density at radius 3 is 2.35 bits per heavy atom. The van der Waals surface area contributed by atoms with E-state index in [1.54, 1.807) is 0 Å². The largest absolute Gasteiger partial charge is 0.436 e. The van der Waals surface area contributed by atoms with Gasteiger partial charge in [-0.05, 0) is 55.0 Å². The zero-order valence-corrected chi connectivity index (χ0v) is 15.7. The predicted molar refractivity (Wildman–Crippen MR) is 106 cm³/mol. The SMILES string of the molecule is Cc1ccc(C(C)C)c(Oc2nc3ccccc3nc2N2CCCC2)c1. The number of rotatable bonds is 4. The highest BCUT2D eigenvalue weighted by Crippen LogP contribution is 2.36. The first-order valence-corrected chi connectivity index (χ1v) is 9.42. The lowest BCUT2D eigenvalue weighted by Gasteiger charge is -2.21. The van der Waals surface area contributed by atoms with Crippen LogP contribution in [-0.2, 0) is 0 Å². The van der Waals surface area contributed by atoms with Crippen LogP contribution in [0.2, 0.25) is 0 Å². The molecular formula is C22H25N3O. The van der Waals surface area contributed by atoms with E-state index in [1.165, 1.54) is 24.0 Å². The molecule has 1 saturated heterocycles. The Bertz CT molecular complexity index is 930. The standard InChI is InChI=1S/C22H25N3O/c1-15(2)17-11-10-16(3)14-20(17)26-22-21(25-12-6-7-13-25)23-18-8-4-5-9-19(18)24-22/h4-5,8-11,14-15H,6-7,12-13H2,1-3H3. The molecule has 4 nitrogen and oxygen atoms in total. The van der Waals surface area contributed by atoms with Gasteiger partial charge < -0.3 is 9.64 Å². The molecule has 4 heteroatoms. The van der Waals surface area contributed by atoms with Crippen LogP contribution in [0, 0.1) is 6.92 Å². The normalized spacial score (nSPS) is 14.4. The lowest BCUT2D eigenvalue weighted by atomic mass is 10.0. The maximum absolute atomic E-state index is 6.39. The Hall–Kier alpha value is -2.62. The molecule has 0 saturated carbocycles. The number of aryl methyl sites for hydroxylation is 1. The Kier molecular flexibility index (Phi) is 4.49. The van der Waals surface area contributed by atoms with Gasteiger partial charge in [0.2, 0.25) is 0 Å². The van der Waals surface area contributed by atoms with E-state index in [4.69, 9.17) is 14.7 Å². The molecule has 1 aliphatic rings. The van der Waals surface area contributed by atoms with Crippen molar-refractivity contribution in [2.45, 2.75) is 39.5 Å². The summed E-state index contributed by atoms with van der Waals surface area (Å²) >= 11 is 0. The van der Waals surface area contributed by atoms with Gasteiger partial charge in [-0.1, -0.05) is 38.1 Å². The molecule has 2 aromatic carbocycles. The van der Waals surface area contributed by atoms with Crippen LogP contribution >= 0.6 is 0 Å². The van der Waals surface area contributed by atoms with Gasteiger partial charge in [0.05, 0.1) is 11.0 Å². The highest BCUT2D eigenvalue weighted by atomic mass is 16.5. The van der Waals surface area contributed by atoms with Crippen LogP contribution in [0.1, 0.15) is 43.7 Å². The topological polar surface area (TPSA) is 38.3 Å². The van der Waals surface area contributed by atoms with E-state index in [0.717, 1.165) is 35.7 Å². The van der Waals surface area contributed by atoms with Crippen molar-refractivity contribution in [1.82, 2.24) is 9.97 Å². The molecule has 0 radical (unpaired) electrons. The van der Waals surface area contributed by atoms with Crippen molar-refractivity contribution in [3.8, 4) is 11.6 Å². The lowest BCUT2D eigenvalue weighted by Crippen LogP contribution is -2.20. The van der Waals surface area contributed by atoms with E-state index in [0.29, 0.717) is 11.8 Å². The third-order valence-electron chi connectivity index (χ3n) is 4.92. The van der Waals surface area contributed by atoms with Gasteiger partial charge in [0.15, 0.2) is 5.82 Å². The summed E-state index contributed by atoms with van der Waals surface area (Å²) in [4.78, 5) is 12.0. The third kappa shape index (κ3) is 3.24. The Labute approximate surface area is 154 Å². The van der Waals surface area contributed by atoms with E-state index >= 15 is 0 Å². The molecule has 1 aromatic heterocycles. The molecular weight excluding hydrogens is 322 g/mol. The summed E-state index contributed by atoms with van der Waals surface area (Å²) in [5.74, 6) is 2.73. The van der Waals surface area contributed by atoms with E-state index in [-0.39, 0.29) is 0 Å². The minimum atomic E-state index is 0.384. The molecule has 1 fully saturated rings. The van der Waals surface area contributed by atoms with E-state index in [9.17, 15) is 0 Å². The summed E-state index contributed by atoms with van der Waals surface area (Å²) in [6.07, 6.45) is 2.38. The smallest absolute Gasteiger partial charge is 0.263 e. The number of hydrogen-bond acceptors (Lipinski definition) is 4. The van der Waals surface area contributed by atoms with Crippen LogP contribution in [0.15, 0.2) is 42.5 Å². The number of aromatic nitrogens is 2. The monoisotopic (exact) mass is 347 g/mol. The molecule has 0 aliphatic carbocycles. The van der Waals surface area contributed by atoms with Gasteiger partial charge in [-0.2, -0.15) is 0 Å². The number of ether oxygens (including phenoxy) is 1. The van der Waals surface area contributed by atoms with E-state index in [2.05, 4.69) is 43.9 Å². The predicted octanol–water partition coefficient (Wildman–Crippen LogP) is 5.45. The van der Waals surface area contributed by atoms with Crippen molar-refractivity contribution in [2.75, 3.05) is 18.0 Å². The van der Waals surface area contributed by atoms with Crippen molar-refractivity contribution in [3.63, 3.8) is 0 Å². The molecule has 0 N–H and O–H groups in total. The van der Waals surface area contributed by atoms with Crippen molar-refractivity contribution >= 4 is 16.9 Å². The maximum Gasteiger partial charge on any atom is 0.263 e. The summed E-state index contributed by atoms with van der Waals surface area (Å²) in [7, 11) is 0. The average molecular weight is 347 g/mol. The Balaban J connectivity index is 1.82. The molecule has 134 valence electrons. The fourth-order valence-electron chi connectivity index (χ4n) is 3.49. The molecule has 0 amide bonds. The van der Waals surface area contributed by atoms with Crippen molar-refractivity contribution in [2.24, 2.45) is 0 Å². The quantitative estimate of drug-likeness (QED) is 0.628. The van der Waals surface area contributed by atoms with Gasteiger partial charge in [-0.25, -0.2) is 9.97 Å². The summed E-state index contributed by atoms with van der Waals surface area (Å²) in [5, 5.41) is 0. The fourth-order valence-corrected chi connectivity index (χ4v) is 3.49. The molecule has 0 atom stereocenters. The van der Waals surface area contributed by atoms with Crippen molar-refractivity contribution < 1.29 is 4.74 Å². The first kappa shape index (κ1) is 16.8. The van der Waals surface area contributed by atoms with Gasteiger partial charge >= 0.3 is 0 Å². The van der Waals surface area contributed by atoms with Crippen LogP contribution < -0.4 is 9.64 Å². The second-order valence-corrected chi connectivity index (χ2v) is 7.33. The van der Waals surface area contributed by atoms with Crippen LogP contribution in [0.5, 0.6) is 11.6 Å². The Morgan fingerprint density at radius 2 is 1.65 bits per heavy atom. The molecule has 2 heterocycles. The van der Waals surface area contributed by atoms with E-state index < -0.39 is 0 Å². The first-order chi connectivity index (χ1) is 12.6. The minimum Gasteiger partial charge on any atom is -0.436 e. The average Bonchev–Trinajstić information content (AvgIpc) is 3.15. The molecule has 3 aromatic rings. The van der Waals surface area contributed by atoms with Gasteiger partial charge in [0.1, 0.15) is 5.75 Å². The van der Waals surface area contributed by atoms with Gasteiger partial charge in [-0.3, -0.25) is 0 Å². The number of benzene rings is 2. The lowest BCUT2D eigenvalue weighted by molar-refractivity contribution is 0.453. The second kappa shape index (κ2) is 6.94. The van der Waals surface area contributed by atoms with Crippen LogP contribution in [0.25, 0.3) is 11.0 Å². The first-order valence-electron chi connectivity index (χ1n) is 9.42. The van der Waals surface area contributed by atoms with Crippen LogP contribution in [0.4, 0.5) is 5.82 Å². The summed E-state index contributed by atoms with van der Waals surface area (Å²) in [6.45, 7) is 8.48. The fraction of sp³-hybridized carbons (Fsp3) is 0.364. The molecule has 0 unspecified atom stereocenters. The van der Waals surface area contributed by atoms with Gasteiger partial charge in [0.25, 0.3) is 5.88 Å². The minimum absolute atomic E-state index is 0.384. The van der Waals surface area contributed by atoms with Crippen LogP contribution in [-0.4, -0.2) is 23.1 Å². The maximum atomic E-state index is 6.39. The zero-order valence-electron chi connectivity index (χ0n) is 15.7. The molecule has 26 heavy (non-hydrogen) atoms. The third-order valence-corrected chi connectivity index (χ3v) is 4.92. The molecule has 0 bridgehead atoms. The number of nitrogens with zero attached hydrogens (tertiary/aromatic N) is 3. The highest BCUT2D eigenvalue weighted by molar-refractivity contribution is 5.77. The van der Waals surface area contributed by atoms with Gasteiger partial charge in [-0.15, -0.1) is 0 Å². The number of hydrogen-bond donors (Lipinski definition) is 0. The zero-order chi connectivity index (χ0) is 18.1. The van der Waals surface area contributed by atoms with Crippen molar-refractivity contribution in [1.29, 1.82) is 0 Å². The Morgan fingerprint density at radius 1 is 0.962 bits per heavy atom. The summed E-state index contributed by atoms with van der Waals surface area (Å²) in [5.41, 5.74) is 4.15. The summed E-state index contributed by atoms with van der Waals surface area (Å²) < 4.78 is 6.39. The molecule has 1 aliphatic heterocycles. The van der Waals surface area contributed by atoms with E-state index in [1.807, 2.05) is 24.3 Å². The summed E-state index contributed by atoms with van der Waals surface area (Å²) in [6, 6.07) is 14.4. The van der Waals surface area contributed by atoms with Crippen molar-refractivity contribution in [3.05, 3.63) is 53.6 Å². The number of para-hydroxylation sites is 2.